The van der Waals surface area contributed by atoms with Crippen LogP contribution in [-0.2, 0) is 4.74 Å². The summed E-state index contributed by atoms with van der Waals surface area (Å²) in [5.41, 5.74) is 0. The molecule has 0 amide bonds. The van der Waals surface area contributed by atoms with Crippen LogP contribution in [0.25, 0.3) is 0 Å². The van der Waals surface area contributed by atoms with E-state index >= 15 is 0 Å². The third-order valence-corrected chi connectivity index (χ3v) is 1.85. The number of ether oxygens (including phenoxy) is 1. The fourth-order valence-electron chi connectivity index (χ4n) is 1.21. The summed E-state index contributed by atoms with van der Waals surface area (Å²) in [6, 6.07) is 0. The SMILES string of the molecule is C[C@@H]1CO[C@H](CO)[C@@H](O)C1. The average molecular weight is 146 g/mol. The van der Waals surface area contributed by atoms with Crippen LogP contribution in [0.5, 0.6) is 0 Å². The molecule has 1 rings (SSSR count). The summed E-state index contributed by atoms with van der Waals surface area (Å²) in [5.74, 6) is 0.415. The van der Waals surface area contributed by atoms with Crippen molar-refractivity contribution in [2.45, 2.75) is 25.6 Å². The van der Waals surface area contributed by atoms with Gasteiger partial charge in [-0.3, -0.25) is 0 Å². The van der Waals surface area contributed by atoms with Gasteiger partial charge in [-0.15, -0.1) is 0 Å². The molecule has 3 heteroatoms. The summed E-state index contributed by atoms with van der Waals surface area (Å²) in [6.07, 6.45) is -0.0875. The van der Waals surface area contributed by atoms with Gasteiger partial charge in [0.25, 0.3) is 0 Å². The Morgan fingerprint density at radius 1 is 1.60 bits per heavy atom. The Morgan fingerprint density at radius 3 is 2.80 bits per heavy atom. The number of hydrogen-bond donors (Lipinski definition) is 2. The molecule has 1 aliphatic rings. The van der Waals surface area contributed by atoms with Gasteiger partial charge in [-0.1, -0.05) is 6.92 Å². The number of aliphatic hydroxyl groups excluding tert-OH is 2. The van der Waals surface area contributed by atoms with Crippen LogP contribution >= 0.6 is 0 Å². The van der Waals surface area contributed by atoms with Gasteiger partial charge in [-0.05, 0) is 12.3 Å². The van der Waals surface area contributed by atoms with Gasteiger partial charge in [-0.2, -0.15) is 0 Å². The van der Waals surface area contributed by atoms with Crippen molar-refractivity contribution in [3.8, 4) is 0 Å². The fraction of sp³-hybridized carbons (Fsp3) is 1.00. The first-order chi connectivity index (χ1) is 4.74. The zero-order valence-corrected chi connectivity index (χ0v) is 6.16. The van der Waals surface area contributed by atoms with Gasteiger partial charge in [0.2, 0.25) is 0 Å². The minimum atomic E-state index is -0.478. The predicted octanol–water partition coefficient (Wildman–Crippen LogP) is -0.235. The molecule has 1 aliphatic heterocycles. The van der Waals surface area contributed by atoms with Gasteiger partial charge in [0.15, 0.2) is 0 Å². The summed E-state index contributed by atoms with van der Waals surface area (Å²) < 4.78 is 5.15. The van der Waals surface area contributed by atoms with E-state index < -0.39 is 6.10 Å². The van der Waals surface area contributed by atoms with Crippen LogP contribution in [0, 0.1) is 5.92 Å². The van der Waals surface area contributed by atoms with Crippen molar-refractivity contribution in [3.05, 3.63) is 0 Å². The van der Waals surface area contributed by atoms with Crippen LogP contribution in [0.1, 0.15) is 13.3 Å². The molecule has 0 spiro atoms. The second kappa shape index (κ2) is 3.32. The molecular formula is C7H14O3. The summed E-state index contributed by atoms with van der Waals surface area (Å²) in [6.45, 7) is 2.60. The van der Waals surface area contributed by atoms with E-state index in [4.69, 9.17) is 9.84 Å². The van der Waals surface area contributed by atoms with Crippen molar-refractivity contribution in [3.63, 3.8) is 0 Å². The quantitative estimate of drug-likeness (QED) is 0.537. The van der Waals surface area contributed by atoms with Gasteiger partial charge in [0.1, 0.15) is 6.10 Å². The van der Waals surface area contributed by atoms with Crippen LogP contribution in [0.2, 0.25) is 0 Å². The van der Waals surface area contributed by atoms with E-state index in [0.717, 1.165) is 6.42 Å². The van der Waals surface area contributed by atoms with Gasteiger partial charge >= 0.3 is 0 Å². The molecule has 3 nitrogen and oxygen atoms in total. The van der Waals surface area contributed by atoms with E-state index in [1.165, 1.54) is 0 Å². The summed E-state index contributed by atoms with van der Waals surface area (Å²) >= 11 is 0. The van der Waals surface area contributed by atoms with E-state index in [0.29, 0.717) is 12.5 Å². The molecule has 2 N–H and O–H groups in total. The highest BCUT2D eigenvalue weighted by atomic mass is 16.5. The molecule has 0 aromatic rings. The Labute approximate surface area is 60.6 Å². The molecule has 0 aromatic carbocycles. The molecule has 3 atom stereocenters. The van der Waals surface area contributed by atoms with Crippen LogP contribution in [-0.4, -0.2) is 35.6 Å². The van der Waals surface area contributed by atoms with E-state index in [2.05, 4.69) is 0 Å². The smallest absolute Gasteiger partial charge is 0.106 e. The minimum absolute atomic E-state index is 0.0755. The predicted molar refractivity (Wildman–Crippen MR) is 36.6 cm³/mol. The lowest BCUT2D eigenvalue weighted by Crippen LogP contribution is -2.39. The summed E-state index contributed by atoms with van der Waals surface area (Å²) in [7, 11) is 0. The molecular weight excluding hydrogens is 132 g/mol. The number of hydrogen-bond acceptors (Lipinski definition) is 3. The van der Waals surface area contributed by atoms with Crippen LogP contribution in [0.15, 0.2) is 0 Å². The molecule has 10 heavy (non-hydrogen) atoms. The second-order valence-corrected chi connectivity index (χ2v) is 2.96. The van der Waals surface area contributed by atoms with E-state index in [9.17, 15) is 5.11 Å². The molecule has 1 heterocycles. The molecule has 0 unspecified atom stereocenters. The minimum Gasteiger partial charge on any atom is -0.394 e. The first-order valence-corrected chi connectivity index (χ1v) is 3.64. The number of aliphatic hydroxyl groups is 2. The number of rotatable bonds is 1. The van der Waals surface area contributed by atoms with E-state index in [1.54, 1.807) is 0 Å². The molecule has 60 valence electrons. The maximum absolute atomic E-state index is 9.25. The van der Waals surface area contributed by atoms with Crippen LogP contribution in [0.4, 0.5) is 0 Å². The van der Waals surface area contributed by atoms with Crippen molar-refractivity contribution < 1.29 is 14.9 Å². The van der Waals surface area contributed by atoms with Crippen LogP contribution in [0.3, 0.4) is 0 Å². The zero-order chi connectivity index (χ0) is 7.56. The molecule has 0 radical (unpaired) electrons. The molecule has 0 aliphatic carbocycles. The lowest BCUT2D eigenvalue weighted by atomic mass is 9.98. The monoisotopic (exact) mass is 146 g/mol. The van der Waals surface area contributed by atoms with Gasteiger partial charge in [0, 0.05) is 6.61 Å². The standard InChI is InChI=1S/C7H14O3/c1-5-2-6(9)7(3-8)10-4-5/h5-9H,2-4H2,1H3/t5-,6-,7+/m0/s1. The second-order valence-electron chi connectivity index (χ2n) is 2.96. The van der Waals surface area contributed by atoms with Gasteiger partial charge in [0.05, 0.1) is 12.7 Å². The van der Waals surface area contributed by atoms with Gasteiger partial charge < -0.3 is 14.9 Å². The van der Waals surface area contributed by atoms with Crippen molar-refractivity contribution >= 4 is 0 Å². The highest BCUT2D eigenvalue weighted by Crippen LogP contribution is 2.18. The van der Waals surface area contributed by atoms with Crippen molar-refractivity contribution in [2.75, 3.05) is 13.2 Å². The van der Waals surface area contributed by atoms with Crippen molar-refractivity contribution in [2.24, 2.45) is 5.92 Å². The Bertz CT molecular complexity index is 105. The molecule has 0 aromatic heterocycles. The van der Waals surface area contributed by atoms with Crippen molar-refractivity contribution in [1.82, 2.24) is 0 Å². The zero-order valence-electron chi connectivity index (χ0n) is 6.16. The Hall–Kier alpha value is -0.120. The van der Waals surface area contributed by atoms with Crippen molar-refractivity contribution in [1.29, 1.82) is 0 Å². The third-order valence-electron chi connectivity index (χ3n) is 1.85. The molecule has 1 fully saturated rings. The summed E-state index contributed by atoms with van der Waals surface area (Å²) in [4.78, 5) is 0. The third kappa shape index (κ3) is 1.68. The Morgan fingerprint density at radius 2 is 2.30 bits per heavy atom. The largest absolute Gasteiger partial charge is 0.394 e. The normalized spacial score (nSPS) is 41.7. The first kappa shape index (κ1) is 7.98. The maximum atomic E-state index is 9.25. The maximum Gasteiger partial charge on any atom is 0.106 e. The van der Waals surface area contributed by atoms with Gasteiger partial charge in [-0.25, -0.2) is 0 Å². The topological polar surface area (TPSA) is 49.7 Å². The highest BCUT2D eigenvalue weighted by Gasteiger charge is 2.26. The lowest BCUT2D eigenvalue weighted by Gasteiger charge is -2.30. The molecule has 0 saturated carbocycles. The average Bonchev–Trinajstić information content (AvgIpc) is 1.88. The Kier molecular flexibility index (Phi) is 2.65. The molecule has 1 saturated heterocycles. The molecule has 0 bridgehead atoms. The Balaban J connectivity index is 2.36. The first-order valence-electron chi connectivity index (χ1n) is 3.64. The highest BCUT2D eigenvalue weighted by molar-refractivity contribution is 4.75. The van der Waals surface area contributed by atoms with E-state index in [-0.39, 0.29) is 12.7 Å². The fourth-order valence-corrected chi connectivity index (χ4v) is 1.21. The van der Waals surface area contributed by atoms with Crippen LogP contribution < -0.4 is 0 Å². The lowest BCUT2D eigenvalue weighted by molar-refractivity contribution is -0.113. The summed E-state index contributed by atoms with van der Waals surface area (Å²) in [5, 5.41) is 17.9. The van der Waals surface area contributed by atoms with E-state index in [1.807, 2.05) is 6.92 Å².